The van der Waals surface area contributed by atoms with Crippen LogP contribution in [0.2, 0.25) is 0 Å². The van der Waals surface area contributed by atoms with Crippen molar-refractivity contribution in [1.82, 2.24) is 0 Å². The molecule has 166 valence electrons. The number of hydrogen-bond donors (Lipinski definition) is 0. The number of ketones is 1. The summed E-state index contributed by atoms with van der Waals surface area (Å²) in [4.78, 5) is 24.9. The predicted octanol–water partition coefficient (Wildman–Crippen LogP) is 6.30. The van der Waals surface area contributed by atoms with E-state index in [1.54, 1.807) is 0 Å². The highest BCUT2D eigenvalue weighted by atomic mass is 16.5. The van der Waals surface area contributed by atoms with Crippen molar-refractivity contribution < 1.29 is 14.3 Å². The van der Waals surface area contributed by atoms with Crippen molar-refractivity contribution in [2.45, 2.75) is 84.0 Å². The van der Waals surface area contributed by atoms with Crippen LogP contribution in [0.15, 0.2) is 36.4 Å². The van der Waals surface area contributed by atoms with Gasteiger partial charge < -0.3 is 4.74 Å². The molecule has 0 unspecified atom stereocenters. The van der Waals surface area contributed by atoms with Gasteiger partial charge in [-0.1, -0.05) is 71.9 Å². The second kappa shape index (κ2) is 8.61. The summed E-state index contributed by atoms with van der Waals surface area (Å²) in [7, 11) is 1.39. The van der Waals surface area contributed by atoms with E-state index in [0.29, 0.717) is 6.42 Å². The number of benzene rings is 2. The van der Waals surface area contributed by atoms with Crippen LogP contribution in [0.3, 0.4) is 0 Å². The van der Waals surface area contributed by atoms with E-state index in [4.69, 9.17) is 4.74 Å². The number of carbonyl (C=O) groups excluding carboxylic acids is 2. The van der Waals surface area contributed by atoms with Gasteiger partial charge in [0.25, 0.3) is 0 Å². The van der Waals surface area contributed by atoms with Gasteiger partial charge >= 0.3 is 5.97 Å². The van der Waals surface area contributed by atoms with Gasteiger partial charge in [-0.25, -0.2) is 0 Å². The molecule has 0 fully saturated rings. The van der Waals surface area contributed by atoms with E-state index < -0.39 is 0 Å². The predicted molar refractivity (Wildman–Crippen MR) is 126 cm³/mol. The molecule has 31 heavy (non-hydrogen) atoms. The first-order chi connectivity index (χ1) is 14.4. The van der Waals surface area contributed by atoms with Crippen molar-refractivity contribution in [1.29, 1.82) is 0 Å². The van der Waals surface area contributed by atoms with Crippen LogP contribution in [0.25, 0.3) is 0 Å². The van der Waals surface area contributed by atoms with Crippen LogP contribution < -0.4 is 0 Å². The fourth-order valence-corrected chi connectivity index (χ4v) is 4.64. The SMILES string of the molecule is COC(=O)Cc1ccc(CC(=O)c2cc3c(cc2C(C)C)C(C)(C)CCC3(C)C)cc1. The van der Waals surface area contributed by atoms with Gasteiger partial charge in [-0.15, -0.1) is 0 Å². The van der Waals surface area contributed by atoms with Gasteiger partial charge in [0.1, 0.15) is 0 Å². The minimum absolute atomic E-state index is 0.0743. The summed E-state index contributed by atoms with van der Waals surface area (Å²) in [6.07, 6.45) is 2.90. The minimum atomic E-state index is -0.259. The molecule has 0 aliphatic heterocycles. The van der Waals surface area contributed by atoms with Crippen LogP contribution in [-0.2, 0) is 33.2 Å². The molecule has 0 saturated heterocycles. The summed E-state index contributed by atoms with van der Waals surface area (Å²) in [5.41, 5.74) is 6.79. The fourth-order valence-electron chi connectivity index (χ4n) is 4.64. The van der Waals surface area contributed by atoms with Crippen molar-refractivity contribution in [3.05, 3.63) is 69.8 Å². The molecule has 2 aromatic rings. The Morgan fingerprint density at radius 1 is 0.871 bits per heavy atom. The number of rotatable bonds is 6. The van der Waals surface area contributed by atoms with Crippen LogP contribution in [0.5, 0.6) is 0 Å². The van der Waals surface area contributed by atoms with Gasteiger partial charge in [0.05, 0.1) is 13.5 Å². The molecule has 0 atom stereocenters. The number of ether oxygens (including phenoxy) is 1. The smallest absolute Gasteiger partial charge is 0.309 e. The molecule has 0 radical (unpaired) electrons. The first kappa shape index (κ1) is 23.2. The third kappa shape index (κ3) is 4.92. The normalized spacial score (nSPS) is 16.6. The monoisotopic (exact) mass is 420 g/mol. The highest BCUT2D eigenvalue weighted by Gasteiger charge is 2.38. The van der Waals surface area contributed by atoms with Crippen LogP contribution in [0, 0.1) is 0 Å². The number of carbonyl (C=O) groups is 2. The molecule has 0 amide bonds. The summed E-state index contributed by atoms with van der Waals surface area (Å²) in [6.45, 7) is 13.6. The Morgan fingerprint density at radius 2 is 1.35 bits per heavy atom. The average Bonchev–Trinajstić information content (AvgIpc) is 2.72. The second-order valence-electron chi connectivity index (χ2n) is 10.6. The van der Waals surface area contributed by atoms with Gasteiger partial charge in [-0.2, -0.15) is 0 Å². The maximum Gasteiger partial charge on any atom is 0.309 e. The standard InChI is InChI=1S/C28H36O3/c1-18(2)21-16-23-24(28(5,6)13-12-27(23,3)4)17-22(21)25(29)14-19-8-10-20(11-9-19)15-26(30)31-7/h8-11,16-18H,12-15H2,1-7H3. The zero-order chi connectivity index (χ0) is 23.0. The van der Waals surface area contributed by atoms with E-state index in [9.17, 15) is 9.59 Å². The maximum atomic E-state index is 13.4. The molecule has 1 aliphatic carbocycles. The van der Waals surface area contributed by atoms with E-state index in [2.05, 4.69) is 53.7 Å². The summed E-state index contributed by atoms with van der Waals surface area (Å²) in [5.74, 6) is 0.184. The summed E-state index contributed by atoms with van der Waals surface area (Å²) in [5, 5.41) is 0. The molecule has 0 bridgehead atoms. The summed E-state index contributed by atoms with van der Waals surface area (Å²) in [6, 6.07) is 12.2. The van der Waals surface area contributed by atoms with Crippen LogP contribution in [0.4, 0.5) is 0 Å². The van der Waals surface area contributed by atoms with E-state index in [0.717, 1.165) is 35.1 Å². The van der Waals surface area contributed by atoms with E-state index >= 15 is 0 Å². The molecule has 0 N–H and O–H groups in total. The highest BCUT2D eigenvalue weighted by molar-refractivity contribution is 5.99. The van der Waals surface area contributed by atoms with Crippen molar-refractivity contribution >= 4 is 11.8 Å². The Bertz CT molecular complexity index is 978. The lowest BCUT2D eigenvalue weighted by molar-refractivity contribution is -0.139. The van der Waals surface area contributed by atoms with Gasteiger partial charge in [-0.3, -0.25) is 9.59 Å². The number of esters is 1. The van der Waals surface area contributed by atoms with Crippen molar-refractivity contribution in [3.63, 3.8) is 0 Å². The summed E-state index contributed by atoms with van der Waals surface area (Å²) < 4.78 is 4.73. The lowest BCUT2D eigenvalue weighted by Gasteiger charge is -2.42. The molecule has 3 heteroatoms. The van der Waals surface area contributed by atoms with Crippen LogP contribution in [-0.4, -0.2) is 18.9 Å². The molecular formula is C28H36O3. The Kier molecular flexibility index (Phi) is 6.45. The molecule has 0 aromatic heterocycles. The molecule has 0 heterocycles. The highest BCUT2D eigenvalue weighted by Crippen LogP contribution is 2.47. The Balaban J connectivity index is 1.94. The quantitative estimate of drug-likeness (QED) is 0.407. The average molecular weight is 421 g/mol. The number of methoxy groups -OCH3 is 1. The summed E-state index contributed by atoms with van der Waals surface area (Å²) >= 11 is 0. The van der Waals surface area contributed by atoms with Gasteiger partial charge in [0.15, 0.2) is 5.78 Å². The third-order valence-electron chi connectivity index (χ3n) is 6.91. The zero-order valence-electron chi connectivity index (χ0n) is 20.1. The minimum Gasteiger partial charge on any atom is -0.469 e. The van der Waals surface area contributed by atoms with E-state index in [-0.39, 0.29) is 34.9 Å². The van der Waals surface area contributed by atoms with Gasteiger partial charge in [0.2, 0.25) is 0 Å². The largest absolute Gasteiger partial charge is 0.469 e. The molecule has 1 aliphatic rings. The van der Waals surface area contributed by atoms with Gasteiger partial charge in [0, 0.05) is 12.0 Å². The third-order valence-corrected chi connectivity index (χ3v) is 6.91. The molecule has 3 rings (SSSR count). The second-order valence-corrected chi connectivity index (χ2v) is 10.6. The van der Waals surface area contributed by atoms with Crippen LogP contribution >= 0.6 is 0 Å². The first-order valence-electron chi connectivity index (χ1n) is 11.3. The first-order valence-corrected chi connectivity index (χ1v) is 11.3. The number of fused-ring (bicyclic) bond motifs is 1. The fraction of sp³-hybridized carbons (Fsp3) is 0.500. The molecule has 3 nitrogen and oxygen atoms in total. The Hall–Kier alpha value is -2.42. The maximum absolute atomic E-state index is 13.4. The lowest BCUT2D eigenvalue weighted by atomic mass is 9.62. The van der Waals surface area contributed by atoms with Crippen LogP contribution in [0.1, 0.15) is 98.5 Å². The molecule has 2 aromatic carbocycles. The molecule has 0 spiro atoms. The van der Waals surface area contributed by atoms with Crippen molar-refractivity contribution in [2.24, 2.45) is 0 Å². The van der Waals surface area contributed by atoms with Crippen molar-refractivity contribution in [3.8, 4) is 0 Å². The zero-order valence-corrected chi connectivity index (χ0v) is 20.1. The Labute approximate surface area is 187 Å². The molecule has 0 saturated carbocycles. The van der Waals surface area contributed by atoms with Gasteiger partial charge in [-0.05, 0) is 63.5 Å². The van der Waals surface area contributed by atoms with E-state index in [1.165, 1.54) is 18.2 Å². The molecular weight excluding hydrogens is 384 g/mol. The lowest BCUT2D eigenvalue weighted by Crippen LogP contribution is -2.34. The number of Topliss-reactive ketones (excluding diaryl/α,β-unsaturated/α-hetero) is 1. The topological polar surface area (TPSA) is 43.4 Å². The Morgan fingerprint density at radius 3 is 1.84 bits per heavy atom. The number of hydrogen-bond acceptors (Lipinski definition) is 3. The van der Waals surface area contributed by atoms with Crippen molar-refractivity contribution in [2.75, 3.05) is 7.11 Å². The van der Waals surface area contributed by atoms with E-state index in [1.807, 2.05) is 24.3 Å².